The fourth-order valence-electron chi connectivity index (χ4n) is 4.02. The number of nitrogens with zero attached hydrogens (tertiary/aromatic N) is 1. The molecule has 1 saturated heterocycles. The van der Waals surface area contributed by atoms with E-state index in [0.29, 0.717) is 36.7 Å². The van der Waals surface area contributed by atoms with Crippen LogP contribution in [0, 0.1) is 12.8 Å². The summed E-state index contributed by atoms with van der Waals surface area (Å²) in [6, 6.07) is 5.03. The van der Waals surface area contributed by atoms with Crippen LogP contribution < -0.4 is 11.1 Å². The molecule has 1 heterocycles. The van der Waals surface area contributed by atoms with E-state index in [4.69, 9.17) is 5.73 Å². The van der Waals surface area contributed by atoms with Gasteiger partial charge in [-0.15, -0.1) is 12.4 Å². The van der Waals surface area contributed by atoms with Crippen molar-refractivity contribution >= 4 is 28.3 Å². The third kappa shape index (κ3) is 4.83. The average molecular weight is 416 g/mol. The fraction of sp³-hybridized carbons (Fsp3) is 0.632. The first-order valence-corrected chi connectivity index (χ1v) is 11.0. The standard InChI is InChI=1S/C19H29N3O3S.ClH/c1-14-8-9-15(19(23)21-17-7-5-6-16(17)13-20)12-18(14)26(24,25)22-10-3-2-4-11-22;/h8-9,12,16-17H,2-7,10-11,13,20H2,1H3,(H,21,23);1H. The first-order chi connectivity index (χ1) is 12.4. The SMILES string of the molecule is Cc1ccc(C(=O)NC2CCCC2CN)cc1S(=O)(=O)N1CCCCC1.Cl. The summed E-state index contributed by atoms with van der Waals surface area (Å²) in [5.74, 6) is 0.0893. The van der Waals surface area contributed by atoms with E-state index in [1.807, 2.05) is 0 Å². The summed E-state index contributed by atoms with van der Waals surface area (Å²) in [6.45, 7) is 3.45. The summed E-state index contributed by atoms with van der Waals surface area (Å²) >= 11 is 0. The number of carbonyl (C=O) groups is 1. The quantitative estimate of drug-likeness (QED) is 0.772. The minimum Gasteiger partial charge on any atom is -0.349 e. The zero-order chi connectivity index (χ0) is 18.7. The van der Waals surface area contributed by atoms with Gasteiger partial charge in [-0.2, -0.15) is 4.31 Å². The number of sulfonamides is 1. The van der Waals surface area contributed by atoms with Crippen molar-refractivity contribution < 1.29 is 13.2 Å². The van der Waals surface area contributed by atoms with Crippen molar-refractivity contribution in [1.82, 2.24) is 9.62 Å². The number of rotatable bonds is 5. The minimum absolute atomic E-state index is 0. The van der Waals surface area contributed by atoms with Gasteiger partial charge in [0.25, 0.3) is 5.91 Å². The van der Waals surface area contributed by atoms with Gasteiger partial charge >= 0.3 is 0 Å². The van der Waals surface area contributed by atoms with Crippen molar-refractivity contribution in [2.24, 2.45) is 11.7 Å². The molecule has 152 valence electrons. The molecule has 1 saturated carbocycles. The van der Waals surface area contributed by atoms with Crippen molar-refractivity contribution in [2.45, 2.75) is 56.4 Å². The van der Waals surface area contributed by atoms with E-state index in [1.54, 1.807) is 23.4 Å². The van der Waals surface area contributed by atoms with Crippen LogP contribution in [0.25, 0.3) is 0 Å². The highest BCUT2D eigenvalue weighted by molar-refractivity contribution is 7.89. The Morgan fingerprint density at radius 3 is 2.56 bits per heavy atom. The van der Waals surface area contributed by atoms with E-state index >= 15 is 0 Å². The molecule has 1 aromatic rings. The Hall–Kier alpha value is -1.15. The fourth-order valence-corrected chi connectivity index (χ4v) is 5.79. The second-order valence-corrected chi connectivity index (χ2v) is 9.36. The van der Waals surface area contributed by atoms with Gasteiger partial charge in [-0.3, -0.25) is 4.79 Å². The molecule has 1 aromatic carbocycles. The highest BCUT2D eigenvalue weighted by Gasteiger charge is 2.30. The van der Waals surface area contributed by atoms with Crippen molar-refractivity contribution in [2.75, 3.05) is 19.6 Å². The number of piperidine rings is 1. The molecule has 0 radical (unpaired) electrons. The first kappa shape index (κ1) is 22.1. The Labute approximate surface area is 168 Å². The lowest BCUT2D eigenvalue weighted by Gasteiger charge is -2.26. The Morgan fingerprint density at radius 1 is 1.19 bits per heavy atom. The molecule has 0 spiro atoms. The molecule has 27 heavy (non-hydrogen) atoms. The average Bonchev–Trinajstić information content (AvgIpc) is 3.09. The topological polar surface area (TPSA) is 92.5 Å². The lowest BCUT2D eigenvalue weighted by atomic mass is 10.0. The number of aryl methyl sites for hydroxylation is 1. The van der Waals surface area contributed by atoms with Gasteiger partial charge in [0.1, 0.15) is 0 Å². The number of hydrogen-bond acceptors (Lipinski definition) is 4. The number of nitrogens with one attached hydrogen (secondary N) is 1. The summed E-state index contributed by atoms with van der Waals surface area (Å²) in [4.78, 5) is 12.9. The number of carbonyl (C=O) groups excluding carboxylic acids is 1. The maximum atomic E-state index is 13.0. The van der Waals surface area contributed by atoms with Gasteiger partial charge < -0.3 is 11.1 Å². The number of hydrogen-bond donors (Lipinski definition) is 2. The highest BCUT2D eigenvalue weighted by Crippen LogP contribution is 2.26. The van der Waals surface area contributed by atoms with Crippen molar-refractivity contribution in [3.8, 4) is 0 Å². The van der Waals surface area contributed by atoms with Crippen molar-refractivity contribution in [1.29, 1.82) is 0 Å². The molecule has 1 aliphatic heterocycles. The third-order valence-electron chi connectivity index (χ3n) is 5.66. The van der Waals surface area contributed by atoms with Crippen LogP contribution in [-0.2, 0) is 10.0 Å². The normalized spacial score (nSPS) is 23.6. The van der Waals surface area contributed by atoms with Gasteiger partial charge in [-0.05, 0) is 62.8 Å². The van der Waals surface area contributed by atoms with E-state index < -0.39 is 10.0 Å². The molecular formula is C19H30ClN3O3S. The van der Waals surface area contributed by atoms with Crippen LogP contribution in [0.5, 0.6) is 0 Å². The van der Waals surface area contributed by atoms with Crippen LogP contribution in [0.3, 0.4) is 0 Å². The molecule has 2 fully saturated rings. The molecule has 2 aliphatic rings. The Bertz CT molecular complexity index is 763. The number of amides is 1. The number of halogens is 1. The first-order valence-electron chi connectivity index (χ1n) is 9.55. The third-order valence-corrected chi connectivity index (χ3v) is 7.70. The van der Waals surface area contributed by atoms with Crippen LogP contribution in [0.4, 0.5) is 0 Å². The predicted octanol–water partition coefficient (Wildman–Crippen LogP) is 2.45. The molecule has 0 aromatic heterocycles. The van der Waals surface area contributed by atoms with Gasteiger partial charge in [0.2, 0.25) is 10.0 Å². The largest absolute Gasteiger partial charge is 0.349 e. The van der Waals surface area contributed by atoms with Crippen LogP contribution >= 0.6 is 12.4 Å². The van der Waals surface area contributed by atoms with Crippen LogP contribution in [0.1, 0.15) is 54.4 Å². The molecular weight excluding hydrogens is 386 g/mol. The van der Waals surface area contributed by atoms with Gasteiger partial charge in [0, 0.05) is 24.7 Å². The van der Waals surface area contributed by atoms with Gasteiger partial charge in [0.15, 0.2) is 0 Å². The minimum atomic E-state index is -3.56. The van der Waals surface area contributed by atoms with Gasteiger partial charge in [-0.1, -0.05) is 18.9 Å². The predicted molar refractivity (Wildman–Crippen MR) is 109 cm³/mol. The molecule has 3 rings (SSSR count). The Balaban J connectivity index is 0.00000261. The van der Waals surface area contributed by atoms with E-state index in [9.17, 15) is 13.2 Å². The maximum absolute atomic E-state index is 13.0. The number of nitrogens with two attached hydrogens (primary N) is 1. The molecule has 2 atom stereocenters. The zero-order valence-electron chi connectivity index (χ0n) is 15.8. The van der Waals surface area contributed by atoms with Gasteiger partial charge in [0.05, 0.1) is 4.90 Å². The second-order valence-electron chi connectivity index (χ2n) is 7.45. The Kier molecular flexibility index (Phi) is 7.68. The van der Waals surface area contributed by atoms with Crippen LogP contribution in [0.15, 0.2) is 23.1 Å². The van der Waals surface area contributed by atoms with Crippen molar-refractivity contribution in [3.63, 3.8) is 0 Å². The molecule has 1 aliphatic carbocycles. The molecule has 8 heteroatoms. The second kappa shape index (κ2) is 9.37. The summed E-state index contributed by atoms with van der Waals surface area (Å²) in [5, 5.41) is 3.05. The molecule has 1 amide bonds. The summed E-state index contributed by atoms with van der Waals surface area (Å²) < 4.78 is 27.6. The van der Waals surface area contributed by atoms with E-state index in [0.717, 1.165) is 38.5 Å². The highest BCUT2D eigenvalue weighted by atomic mass is 35.5. The Morgan fingerprint density at radius 2 is 1.89 bits per heavy atom. The van der Waals surface area contributed by atoms with E-state index in [2.05, 4.69) is 5.32 Å². The lowest BCUT2D eigenvalue weighted by Crippen LogP contribution is -2.40. The van der Waals surface area contributed by atoms with Gasteiger partial charge in [-0.25, -0.2) is 8.42 Å². The maximum Gasteiger partial charge on any atom is 0.251 e. The summed E-state index contributed by atoms with van der Waals surface area (Å²) in [6.07, 6.45) is 5.87. The monoisotopic (exact) mass is 415 g/mol. The molecule has 0 bridgehead atoms. The smallest absolute Gasteiger partial charge is 0.251 e. The number of benzene rings is 1. The zero-order valence-corrected chi connectivity index (χ0v) is 17.4. The van der Waals surface area contributed by atoms with E-state index in [1.165, 1.54) is 6.07 Å². The van der Waals surface area contributed by atoms with Crippen LogP contribution in [0.2, 0.25) is 0 Å². The van der Waals surface area contributed by atoms with Crippen LogP contribution in [-0.4, -0.2) is 44.3 Å². The molecule has 2 unspecified atom stereocenters. The van der Waals surface area contributed by atoms with Crippen molar-refractivity contribution in [3.05, 3.63) is 29.3 Å². The summed E-state index contributed by atoms with van der Waals surface area (Å²) in [7, 11) is -3.56. The molecule has 3 N–H and O–H groups in total. The van der Waals surface area contributed by atoms with E-state index in [-0.39, 0.29) is 29.3 Å². The molecule has 6 nitrogen and oxygen atoms in total. The summed E-state index contributed by atoms with van der Waals surface area (Å²) in [5.41, 5.74) is 6.86. The lowest BCUT2D eigenvalue weighted by molar-refractivity contribution is 0.0928.